The molecule has 0 fully saturated rings. The minimum atomic E-state index is -0.435. The van der Waals surface area contributed by atoms with Crippen molar-refractivity contribution in [2.24, 2.45) is 0 Å². The third kappa shape index (κ3) is 3.88. The zero-order valence-electron chi connectivity index (χ0n) is 15.6. The standard InChI is InChI=1S/C22H25N3O2/c1-15(26)11-20-22(18-5-3-2-4-6-18)23-14-25(20)13-16-7-8-17-9-10-21(27)24-19(17)12-16/h3,5-8,12,14-15,26H,2,4,9-11,13H2,1H3,(H,24,27). The molecule has 1 aromatic carbocycles. The molecule has 1 unspecified atom stereocenters. The van der Waals surface area contributed by atoms with Gasteiger partial charge in [0.1, 0.15) is 0 Å². The maximum Gasteiger partial charge on any atom is 0.224 e. The molecule has 0 bridgehead atoms. The second-order valence-electron chi connectivity index (χ2n) is 7.40. The monoisotopic (exact) mass is 363 g/mol. The highest BCUT2D eigenvalue weighted by atomic mass is 16.3. The average Bonchev–Trinajstić information content (AvgIpc) is 3.04. The zero-order chi connectivity index (χ0) is 18.8. The van der Waals surface area contributed by atoms with E-state index in [1.165, 1.54) is 5.56 Å². The van der Waals surface area contributed by atoms with Crippen LogP contribution in [0, 0.1) is 0 Å². The van der Waals surface area contributed by atoms with Crippen LogP contribution >= 0.6 is 0 Å². The number of amides is 1. The highest BCUT2D eigenvalue weighted by molar-refractivity contribution is 5.94. The van der Waals surface area contributed by atoms with Gasteiger partial charge in [0.05, 0.1) is 18.1 Å². The number of fused-ring (bicyclic) bond motifs is 1. The molecule has 4 rings (SSSR count). The number of hydrogen-bond acceptors (Lipinski definition) is 3. The van der Waals surface area contributed by atoms with Crippen LogP contribution in [0.1, 0.15) is 48.7 Å². The SMILES string of the molecule is CC(O)Cc1c(C2=CCCC=C2)ncn1Cc1ccc2c(c1)NC(=O)CC2. The lowest BCUT2D eigenvalue weighted by atomic mass is 10.00. The first-order chi connectivity index (χ1) is 13.1. The van der Waals surface area contributed by atoms with Gasteiger partial charge in [0.2, 0.25) is 5.91 Å². The topological polar surface area (TPSA) is 67.2 Å². The third-order valence-corrected chi connectivity index (χ3v) is 5.13. The molecule has 27 heavy (non-hydrogen) atoms. The Morgan fingerprint density at radius 2 is 2.19 bits per heavy atom. The van der Waals surface area contributed by atoms with Gasteiger partial charge in [-0.1, -0.05) is 30.4 Å². The van der Waals surface area contributed by atoms with Crippen molar-refractivity contribution in [2.75, 3.05) is 5.32 Å². The number of carbonyl (C=O) groups is 1. The first-order valence-corrected chi connectivity index (χ1v) is 9.61. The van der Waals surface area contributed by atoms with Crippen LogP contribution in [0.15, 0.2) is 42.8 Å². The number of aliphatic hydroxyl groups excluding tert-OH is 1. The molecule has 0 radical (unpaired) electrons. The number of allylic oxidation sites excluding steroid dienone is 4. The van der Waals surface area contributed by atoms with Gasteiger partial charge in [0.25, 0.3) is 0 Å². The van der Waals surface area contributed by atoms with Gasteiger partial charge in [-0.15, -0.1) is 0 Å². The lowest BCUT2D eigenvalue weighted by Gasteiger charge is -2.18. The lowest BCUT2D eigenvalue weighted by Crippen LogP contribution is -2.19. The summed E-state index contributed by atoms with van der Waals surface area (Å²) in [6.45, 7) is 2.47. The van der Waals surface area contributed by atoms with E-state index in [1.807, 2.05) is 6.33 Å². The van der Waals surface area contributed by atoms with E-state index in [0.29, 0.717) is 19.4 Å². The Hall–Kier alpha value is -2.66. The molecule has 0 saturated heterocycles. The number of aromatic nitrogens is 2. The van der Waals surface area contributed by atoms with E-state index in [1.54, 1.807) is 6.92 Å². The van der Waals surface area contributed by atoms with Crippen LogP contribution in [0.4, 0.5) is 5.69 Å². The number of hydrogen-bond donors (Lipinski definition) is 2. The van der Waals surface area contributed by atoms with Gasteiger partial charge in [0.15, 0.2) is 0 Å². The predicted molar refractivity (Wildman–Crippen MR) is 106 cm³/mol. The minimum absolute atomic E-state index is 0.0791. The van der Waals surface area contributed by atoms with Crippen LogP contribution in [-0.4, -0.2) is 26.7 Å². The maximum atomic E-state index is 11.7. The lowest BCUT2D eigenvalue weighted by molar-refractivity contribution is -0.116. The van der Waals surface area contributed by atoms with E-state index in [2.05, 4.69) is 51.3 Å². The normalized spacial score (nSPS) is 17.3. The van der Waals surface area contributed by atoms with E-state index >= 15 is 0 Å². The molecule has 5 nitrogen and oxygen atoms in total. The Balaban J connectivity index is 1.65. The number of nitrogens with zero attached hydrogens (tertiary/aromatic N) is 2. The van der Waals surface area contributed by atoms with Gasteiger partial charge >= 0.3 is 0 Å². The van der Waals surface area contributed by atoms with E-state index in [-0.39, 0.29) is 5.91 Å². The number of aliphatic hydroxyl groups is 1. The van der Waals surface area contributed by atoms with Crippen LogP contribution < -0.4 is 5.32 Å². The van der Waals surface area contributed by atoms with Crippen molar-refractivity contribution >= 4 is 17.2 Å². The second-order valence-corrected chi connectivity index (χ2v) is 7.40. The van der Waals surface area contributed by atoms with Crippen molar-refractivity contribution in [3.05, 3.63) is 65.3 Å². The highest BCUT2D eigenvalue weighted by Crippen LogP contribution is 2.27. The van der Waals surface area contributed by atoms with Crippen molar-refractivity contribution in [3.8, 4) is 0 Å². The van der Waals surface area contributed by atoms with Crippen molar-refractivity contribution in [1.82, 2.24) is 9.55 Å². The fourth-order valence-corrected chi connectivity index (χ4v) is 3.78. The van der Waals surface area contributed by atoms with Gasteiger partial charge in [0, 0.05) is 30.8 Å². The zero-order valence-corrected chi connectivity index (χ0v) is 15.6. The molecule has 0 spiro atoms. The molecule has 5 heteroatoms. The van der Waals surface area contributed by atoms with Crippen molar-refractivity contribution in [1.29, 1.82) is 0 Å². The summed E-state index contributed by atoms with van der Waals surface area (Å²) in [6, 6.07) is 6.27. The van der Waals surface area contributed by atoms with Gasteiger partial charge in [-0.2, -0.15) is 0 Å². The summed E-state index contributed by atoms with van der Waals surface area (Å²) in [6.07, 6.45) is 11.9. The number of rotatable bonds is 5. The number of benzene rings is 1. The molecule has 1 aromatic heterocycles. The number of aryl methyl sites for hydroxylation is 1. The van der Waals surface area contributed by atoms with Gasteiger partial charge in [-0.05, 0) is 49.0 Å². The number of nitrogens with one attached hydrogen (secondary N) is 1. The molecular formula is C22H25N3O2. The summed E-state index contributed by atoms with van der Waals surface area (Å²) in [7, 11) is 0. The molecule has 2 aliphatic rings. The van der Waals surface area contributed by atoms with Crippen molar-refractivity contribution < 1.29 is 9.90 Å². The molecule has 1 aliphatic heterocycles. The fourth-order valence-electron chi connectivity index (χ4n) is 3.78. The Morgan fingerprint density at radius 3 is 2.96 bits per heavy atom. The molecule has 2 aromatic rings. The van der Waals surface area contributed by atoms with E-state index in [0.717, 1.165) is 47.5 Å². The van der Waals surface area contributed by atoms with Crippen molar-refractivity contribution in [2.45, 2.75) is 51.7 Å². The van der Waals surface area contributed by atoms with Crippen molar-refractivity contribution in [3.63, 3.8) is 0 Å². The van der Waals surface area contributed by atoms with Crippen LogP contribution in [-0.2, 0) is 24.2 Å². The predicted octanol–water partition coefficient (Wildman–Crippen LogP) is 3.47. The van der Waals surface area contributed by atoms with Gasteiger partial charge in [-0.3, -0.25) is 4.79 Å². The summed E-state index contributed by atoms with van der Waals surface area (Å²) >= 11 is 0. The Labute approximate surface area is 159 Å². The molecule has 2 N–H and O–H groups in total. The summed E-state index contributed by atoms with van der Waals surface area (Å²) < 4.78 is 2.11. The van der Waals surface area contributed by atoms with E-state index < -0.39 is 6.10 Å². The molecule has 1 aliphatic carbocycles. The Bertz CT molecular complexity index is 922. The van der Waals surface area contributed by atoms with Gasteiger partial charge in [-0.25, -0.2) is 4.98 Å². The van der Waals surface area contributed by atoms with Gasteiger partial charge < -0.3 is 15.0 Å². The molecular weight excluding hydrogens is 338 g/mol. The summed E-state index contributed by atoms with van der Waals surface area (Å²) in [5.41, 5.74) is 6.35. The molecule has 2 heterocycles. The summed E-state index contributed by atoms with van der Waals surface area (Å²) in [4.78, 5) is 16.3. The van der Waals surface area contributed by atoms with Crippen LogP contribution in [0.25, 0.3) is 5.57 Å². The Kier molecular flexibility index (Phi) is 4.94. The van der Waals surface area contributed by atoms with Crippen LogP contribution in [0.5, 0.6) is 0 Å². The largest absolute Gasteiger partial charge is 0.393 e. The maximum absolute atomic E-state index is 11.7. The summed E-state index contributed by atoms with van der Waals surface area (Å²) in [5.74, 6) is 0.0791. The average molecular weight is 363 g/mol. The number of anilines is 1. The second kappa shape index (κ2) is 7.53. The first-order valence-electron chi connectivity index (χ1n) is 9.61. The van der Waals surface area contributed by atoms with E-state index in [4.69, 9.17) is 0 Å². The molecule has 1 atom stereocenters. The molecule has 1 amide bonds. The van der Waals surface area contributed by atoms with Crippen LogP contribution in [0.2, 0.25) is 0 Å². The van der Waals surface area contributed by atoms with Crippen LogP contribution in [0.3, 0.4) is 0 Å². The number of imidazole rings is 1. The quantitative estimate of drug-likeness (QED) is 0.855. The molecule has 140 valence electrons. The summed E-state index contributed by atoms with van der Waals surface area (Å²) in [5, 5.41) is 13.0. The first kappa shape index (κ1) is 17.7. The Morgan fingerprint density at radius 1 is 1.30 bits per heavy atom. The van der Waals surface area contributed by atoms with E-state index in [9.17, 15) is 9.90 Å². The smallest absolute Gasteiger partial charge is 0.224 e. The minimum Gasteiger partial charge on any atom is -0.393 e. The molecule has 0 saturated carbocycles. The number of carbonyl (C=O) groups excluding carboxylic acids is 1. The fraction of sp³-hybridized carbons (Fsp3) is 0.364. The third-order valence-electron chi connectivity index (χ3n) is 5.13. The highest BCUT2D eigenvalue weighted by Gasteiger charge is 2.18.